The molecule has 5 rings (SSSR count). The highest BCUT2D eigenvalue weighted by atomic mass is 32.2. The SMILES string of the molecule is O=C(Nc1cc(C2CC2)nn1[C@@H]1CCS(=O)(=O)C1)N1CCC[C@H]1Cc1ccccc1. The van der Waals surface area contributed by atoms with E-state index in [1.165, 1.54) is 5.56 Å². The molecule has 0 radical (unpaired) electrons. The van der Waals surface area contributed by atoms with Gasteiger partial charge in [-0.1, -0.05) is 30.3 Å². The van der Waals surface area contributed by atoms with Gasteiger partial charge in [-0.2, -0.15) is 5.10 Å². The van der Waals surface area contributed by atoms with Crippen molar-refractivity contribution in [2.45, 2.75) is 56.5 Å². The van der Waals surface area contributed by atoms with E-state index in [-0.39, 0.29) is 29.6 Å². The van der Waals surface area contributed by atoms with Crippen LogP contribution in [0.1, 0.15) is 55.3 Å². The van der Waals surface area contributed by atoms with Crippen molar-refractivity contribution >= 4 is 21.7 Å². The standard InChI is InChI=1S/C22H28N4O3S/c27-22(25-11-4-7-18(25)13-16-5-2-1-3-6-16)23-21-14-20(17-8-9-17)24-26(21)19-10-12-30(28,29)15-19/h1-3,5-6,14,17-19H,4,7-13,15H2,(H,23,27)/t18-,19+/m0/s1. The molecule has 2 aromatic rings. The second-order valence-electron chi connectivity index (χ2n) is 8.84. The molecule has 0 spiro atoms. The molecule has 1 aliphatic carbocycles. The van der Waals surface area contributed by atoms with Gasteiger partial charge < -0.3 is 4.90 Å². The maximum absolute atomic E-state index is 13.2. The first-order valence-electron chi connectivity index (χ1n) is 10.9. The van der Waals surface area contributed by atoms with Crippen molar-refractivity contribution in [3.63, 3.8) is 0 Å². The van der Waals surface area contributed by atoms with Crippen LogP contribution < -0.4 is 5.32 Å². The van der Waals surface area contributed by atoms with Gasteiger partial charge in [0.05, 0.1) is 23.2 Å². The molecular formula is C22H28N4O3S. The number of nitrogens with zero attached hydrogens (tertiary/aromatic N) is 3. The van der Waals surface area contributed by atoms with Gasteiger partial charge >= 0.3 is 6.03 Å². The number of sulfone groups is 1. The van der Waals surface area contributed by atoms with Gasteiger partial charge in [0.25, 0.3) is 0 Å². The molecule has 2 aliphatic heterocycles. The summed E-state index contributed by atoms with van der Waals surface area (Å²) in [4.78, 5) is 15.1. The van der Waals surface area contributed by atoms with Gasteiger partial charge in [-0.3, -0.25) is 5.32 Å². The Morgan fingerprint density at radius 2 is 1.93 bits per heavy atom. The number of hydrogen-bond acceptors (Lipinski definition) is 4. The predicted octanol–water partition coefficient (Wildman–Crippen LogP) is 3.36. The molecule has 30 heavy (non-hydrogen) atoms. The molecule has 1 aromatic carbocycles. The zero-order valence-corrected chi connectivity index (χ0v) is 17.9. The molecule has 0 bridgehead atoms. The van der Waals surface area contributed by atoms with E-state index >= 15 is 0 Å². The zero-order chi connectivity index (χ0) is 20.7. The third kappa shape index (κ3) is 4.10. The van der Waals surface area contributed by atoms with Gasteiger partial charge in [-0.15, -0.1) is 0 Å². The lowest BCUT2D eigenvalue weighted by Crippen LogP contribution is -2.40. The first-order valence-corrected chi connectivity index (χ1v) is 12.7. The van der Waals surface area contributed by atoms with Crippen molar-refractivity contribution in [2.75, 3.05) is 23.4 Å². The molecule has 2 atom stereocenters. The zero-order valence-electron chi connectivity index (χ0n) is 17.0. The van der Waals surface area contributed by atoms with Crippen LogP contribution in [0.25, 0.3) is 0 Å². The highest BCUT2D eigenvalue weighted by molar-refractivity contribution is 7.91. The Balaban J connectivity index is 1.34. The summed E-state index contributed by atoms with van der Waals surface area (Å²) in [6.07, 6.45) is 5.62. The molecule has 1 aromatic heterocycles. The van der Waals surface area contributed by atoms with Gasteiger partial charge in [0, 0.05) is 24.6 Å². The Morgan fingerprint density at radius 1 is 1.13 bits per heavy atom. The fourth-order valence-electron chi connectivity index (χ4n) is 4.71. The minimum absolute atomic E-state index is 0.0992. The van der Waals surface area contributed by atoms with Crippen LogP contribution in [0.4, 0.5) is 10.6 Å². The van der Waals surface area contributed by atoms with Gasteiger partial charge in [0.1, 0.15) is 5.82 Å². The summed E-state index contributed by atoms with van der Waals surface area (Å²) in [6.45, 7) is 0.741. The largest absolute Gasteiger partial charge is 0.323 e. The maximum Gasteiger partial charge on any atom is 0.323 e. The van der Waals surface area contributed by atoms with E-state index < -0.39 is 9.84 Å². The summed E-state index contributed by atoms with van der Waals surface area (Å²) >= 11 is 0. The predicted molar refractivity (Wildman–Crippen MR) is 115 cm³/mol. The number of carbonyl (C=O) groups excluding carboxylic acids is 1. The molecule has 0 unspecified atom stereocenters. The number of nitrogens with one attached hydrogen (secondary N) is 1. The summed E-state index contributed by atoms with van der Waals surface area (Å²) in [7, 11) is -3.03. The average Bonchev–Trinajstić information content (AvgIpc) is 3.15. The van der Waals surface area contributed by atoms with Crippen LogP contribution >= 0.6 is 0 Å². The number of amides is 2. The molecule has 3 fully saturated rings. The molecule has 3 aliphatic rings. The topological polar surface area (TPSA) is 84.3 Å². The van der Waals surface area contributed by atoms with Crippen LogP contribution in [0, 0.1) is 0 Å². The second kappa shape index (κ2) is 7.72. The molecule has 160 valence electrons. The minimum atomic E-state index is -3.03. The minimum Gasteiger partial charge on any atom is -0.321 e. The Morgan fingerprint density at radius 3 is 2.63 bits per heavy atom. The Labute approximate surface area is 177 Å². The summed E-state index contributed by atoms with van der Waals surface area (Å²) in [5.74, 6) is 1.36. The van der Waals surface area contributed by atoms with E-state index in [0.29, 0.717) is 18.2 Å². The van der Waals surface area contributed by atoms with Crippen LogP contribution in [-0.2, 0) is 16.3 Å². The molecule has 1 N–H and O–H groups in total. The summed E-state index contributed by atoms with van der Waals surface area (Å²) in [6, 6.07) is 12.1. The van der Waals surface area contributed by atoms with Crippen molar-refractivity contribution in [2.24, 2.45) is 0 Å². The smallest absolute Gasteiger partial charge is 0.321 e. The van der Waals surface area contributed by atoms with Crippen molar-refractivity contribution in [1.29, 1.82) is 0 Å². The van der Waals surface area contributed by atoms with Crippen LogP contribution in [0.3, 0.4) is 0 Å². The van der Waals surface area contributed by atoms with Crippen LogP contribution in [-0.4, -0.2) is 53.2 Å². The highest BCUT2D eigenvalue weighted by Crippen LogP contribution is 2.41. The van der Waals surface area contributed by atoms with Crippen molar-refractivity contribution in [3.8, 4) is 0 Å². The summed E-state index contributed by atoms with van der Waals surface area (Å²) in [5.41, 5.74) is 2.20. The van der Waals surface area contributed by atoms with Gasteiger partial charge in [-0.25, -0.2) is 17.9 Å². The highest BCUT2D eigenvalue weighted by Gasteiger charge is 2.35. The Kier molecular flexibility index (Phi) is 5.05. The molecular weight excluding hydrogens is 400 g/mol. The Bertz CT molecular complexity index is 1030. The number of urea groups is 1. The van der Waals surface area contributed by atoms with E-state index in [0.717, 1.165) is 44.3 Å². The molecule has 2 amide bonds. The van der Waals surface area contributed by atoms with E-state index in [1.54, 1.807) is 4.68 Å². The second-order valence-corrected chi connectivity index (χ2v) is 11.1. The maximum atomic E-state index is 13.2. The Hall–Kier alpha value is -2.35. The number of rotatable bonds is 5. The van der Waals surface area contributed by atoms with E-state index in [4.69, 9.17) is 5.10 Å². The monoisotopic (exact) mass is 428 g/mol. The third-order valence-electron chi connectivity index (χ3n) is 6.49. The lowest BCUT2D eigenvalue weighted by atomic mass is 10.0. The number of benzene rings is 1. The van der Waals surface area contributed by atoms with Crippen molar-refractivity contribution in [1.82, 2.24) is 14.7 Å². The van der Waals surface area contributed by atoms with Crippen LogP contribution in [0.15, 0.2) is 36.4 Å². The first kappa shape index (κ1) is 19.6. The fraction of sp³-hybridized carbons (Fsp3) is 0.545. The molecule has 3 heterocycles. The van der Waals surface area contributed by atoms with Gasteiger partial charge in [0.2, 0.25) is 0 Å². The summed E-state index contributed by atoms with van der Waals surface area (Å²) in [5, 5.41) is 7.77. The summed E-state index contributed by atoms with van der Waals surface area (Å²) < 4.78 is 25.7. The van der Waals surface area contributed by atoms with E-state index in [1.807, 2.05) is 29.2 Å². The van der Waals surface area contributed by atoms with Crippen LogP contribution in [0.2, 0.25) is 0 Å². The number of likely N-dealkylation sites (tertiary alicyclic amines) is 1. The van der Waals surface area contributed by atoms with Crippen molar-refractivity contribution < 1.29 is 13.2 Å². The average molecular weight is 429 g/mol. The van der Waals surface area contributed by atoms with E-state index in [2.05, 4.69) is 17.4 Å². The van der Waals surface area contributed by atoms with Gasteiger partial charge in [-0.05, 0) is 44.1 Å². The molecule has 2 saturated heterocycles. The van der Waals surface area contributed by atoms with E-state index in [9.17, 15) is 13.2 Å². The van der Waals surface area contributed by atoms with Crippen molar-refractivity contribution in [3.05, 3.63) is 47.7 Å². The fourth-order valence-corrected chi connectivity index (χ4v) is 6.41. The number of carbonyl (C=O) groups is 1. The van der Waals surface area contributed by atoms with Crippen LogP contribution in [0.5, 0.6) is 0 Å². The number of anilines is 1. The molecule has 1 saturated carbocycles. The van der Waals surface area contributed by atoms with Gasteiger partial charge in [0.15, 0.2) is 9.84 Å². The first-order chi connectivity index (χ1) is 14.5. The number of hydrogen-bond donors (Lipinski definition) is 1. The number of aromatic nitrogens is 2. The third-order valence-corrected chi connectivity index (χ3v) is 8.24. The molecule has 8 heteroatoms. The lowest BCUT2D eigenvalue weighted by molar-refractivity contribution is 0.206. The lowest BCUT2D eigenvalue weighted by Gasteiger charge is -2.25. The molecule has 7 nitrogen and oxygen atoms in total. The normalized spacial score (nSPS) is 25.5. The quantitative estimate of drug-likeness (QED) is 0.791.